The van der Waals surface area contributed by atoms with Crippen LogP contribution in [0.4, 0.5) is 14.7 Å². The number of hydrogen-bond donors (Lipinski definition) is 2. The van der Waals surface area contributed by atoms with Gasteiger partial charge in [0.15, 0.2) is 17.4 Å². The van der Waals surface area contributed by atoms with E-state index in [2.05, 4.69) is 20.5 Å². The SMILES string of the molecule is CC(C)Oc1c(F)cc(C=NNc2nc(-c3ccccc3)c(C#N)c(=O)[nH]2)cc1F. The van der Waals surface area contributed by atoms with Crippen LogP contribution in [0.1, 0.15) is 25.0 Å². The van der Waals surface area contributed by atoms with Crippen LogP contribution in [0.5, 0.6) is 5.75 Å². The minimum atomic E-state index is -0.860. The summed E-state index contributed by atoms with van der Waals surface area (Å²) >= 11 is 0. The molecular weight excluding hydrogens is 392 g/mol. The molecule has 0 fully saturated rings. The van der Waals surface area contributed by atoms with Gasteiger partial charge in [0.25, 0.3) is 5.56 Å². The lowest BCUT2D eigenvalue weighted by Gasteiger charge is -2.11. The van der Waals surface area contributed by atoms with E-state index in [4.69, 9.17) is 4.74 Å². The quantitative estimate of drug-likeness (QED) is 0.476. The average molecular weight is 409 g/mol. The van der Waals surface area contributed by atoms with Crippen LogP contribution >= 0.6 is 0 Å². The van der Waals surface area contributed by atoms with Gasteiger partial charge in [0.1, 0.15) is 11.6 Å². The van der Waals surface area contributed by atoms with E-state index in [1.165, 1.54) is 0 Å². The number of hydrogen-bond acceptors (Lipinski definition) is 6. The summed E-state index contributed by atoms with van der Waals surface area (Å²) in [7, 11) is 0. The molecule has 0 radical (unpaired) electrons. The molecule has 3 rings (SSSR count). The van der Waals surface area contributed by atoms with Crippen LogP contribution in [0.25, 0.3) is 11.3 Å². The molecule has 152 valence electrons. The monoisotopic (exact) mass is 409 g/mol. The third kappa shape index (κ3) is 4.67. The lowest BCUT2D eigenvalue weighted by Crippen LogP contribution is -2.16. The second kappa shape index (κ2) is 8.96. The first-order valence-corrected chi connectivity index (χ1v) is 8.93. The van der Waals surface area contributed by atoms with E-state index < -0.39 is 22.9 Å². The standard InChI is InChI=1S/C21H17F2N5O2/c1-12(2)30-19-16(22)8-13(9-17(19)23)11-25-28-21-26-18(14-6-4-3-5-7-14)15(10-24)20(29)27-21/h3-9,11-12H,1-2H3,(H2,26,27,28,29). The van der Waals surface area contributed by atoms with Gasteiger partial charge in [-0.05, 0) is 26.0 Å². The van der Waals surface area contributed by atoms with Crippen molar-refractivity contribution < 1.29 is 13.5 Å². The molecule has 30 heavy (non-hydrogen) atoms. The second-order valence-corrected chi connectivity index (χ2v) is 6.47. The molecule has 0 saturated carbocycles. The van der Waals surface area contributed by atoms with Crippen molar-refractivity contribution in [3.05, 3.63) is 75.6 Å². The van der Waals surface area contributed by atoms with E-state index in [-0.39, 0.29) is 28.9 Å². The van der Waals surface area contributed by atoms with Crippen molar-refractivity contribution in [3.8, 4) is 23.1 Å². The highest BCUT2D eigenvalue weighted by molar-refractivity contribution is 5.80. The molecule has 7 nitrogen and oxygen atoms in total. The molecular formula is C21H17F2N5O2. The number of anilines is 1. The number of ether oxygens (including phenoxy) is 1. The molecule has 9 heteroatoms. The number of H-pyrrole nitrogens is 1. The summed E-state index contributed by atoms with van der Waals surface area (Å²) in [4.78, 5) is 18.8. The first kappa shape index (κ1) is 20.7. The second-order valence-electron chi connectivity index (χ2n) is 6.47. The summed E-state index contributed by atoms with van der Waals surface area (Å²) in [6, 6.07) is 12.7. The van der Waals surface area contributed by atoms with Gasteiger partial charge in [-0.1, -0.05) is 30.3 Å². The minimum Gasteiger partial charge on any atom is -0.485 e. The molecule has 0 atom stereocenters. The molecule has 1 heterocycles. The van der Waals surface area contributed by atoms with Gasteiger partial charge in [-0.2, -0.15) is 10.4 Å². The Hall–Kier alpha value is -4.06. The summed E-state index contributed by atoms with van der Waals surface area (Å²) < 4.78 is 33.2. The highest BCUT2D eigenvalue weighted by Crippen LogP contribution is 2.24. The van der Waals surface area contributed by atoms with Gasteiger partial charge in [0.05, 0.1) is 18.0 Å². The molecule has 0 spiro atoms. The van der Waals surface area contributed by atoms with Gasteiger partial charge >= 0.3 is 0 Å². The first-order chi connectivity index (χ1) is 14.4. The van der Waals surface area contributed by atoms with Crippen molar-refractivity contribution in [2.24, 2.45) is 5.10 Å². The van der Waals surface area contributed by atoms with E-state index in [0.717, 1.165) is 18.3 Å². The van der Waals surface area contributed by atoms with Crippen molar-refractivity contribution in [2.45, 2.75) is 20.0 Å². The maximum Gasteiger partial charge on any atom is 0.270 e. The van der Waals surface area contributed by atoms with E-state index in [9.17, 15) is 18.8 Å². The molecule has 0 aliphatic heterocycles. The molecule has 0 aliphatic rings. The van der Waals surface area contributed by atoms with Gasteiger partial charge < -0.3 is 4.74 Å². The average Bonchev–Trinajstić information content (AvgIpc) is 2.71. The lowest BCUT2D eigenvalue weighted by atomic mass is 10.1. The highest BCUT2D eigenvalue weighted by Gasteiger charge is 2.14. The summed E-state index contributed by atoms with van der Waals surface area (Å²) in [5, 5.41) is 13.1. The number of aromatic nitrogens is 2. The fourth-order valence-electron chi connectivity index (χ4n) is 2.61. The number of hydrazone groups is 1. The van der Waals surface area contributed by atoms with E-state index >= 15 is 0 Å². The lowest BCUT2D eigenvalue weighted by molar-refractivity contribution is 0.219. The van der Waals surface area contributed by atoms with Crippen molar-refractivity contribution in [2.75, 3.05) is 5.43 Å². The Bertz CT molecular complexity index is 1160. The number of aromatic amines is 1. The third-order valence-electron chi connectivity index (χ3n) is 3.84. The smallest absolute Gasteiger partial charge is 0.270 e. The van der Waals surface area contributed by atoms with E-state index in [1.807, 2.05) is 6.07 Å². The Morgan fingerprint density at radius 3 is 2.50 bits per heavy atom. The maximum atomic E-state index is 14.1. The Balaban J connectivity index is 1.86. The van der Waals surface area contributed by atoms with Gasteiger partial charge in [-0.3, -0.25) is 9.78 Å². The molecule has 0 unspecified atom stereocenters. The van der Waals surface area contributed by atoms with Crippen LogP contribution < -0.4 is 15.7 Å². The number of rotatable bonds is 6. The number of nitrogens with one attached hydrogen (secondary N) is 2. The molecule has 0 aliphatic carbocycles. The van der Waals surface area contributed by atoms with E-state index in [0.29, 0.717) is 5.56 Å². The summed E-state index contributed by atoms with van der Waals surface area (Å²) in [5.41, 5.74) is 2.62. The summed E-state index contributed by atoms with van der Waals surface area (Å²) in [6.45, 7) is 3.32. The van der Waals surface area contributed by atoms with Crippen LogP contribution in [-0.2, 0) is 0 Å². The zero-order valence-electron chi connectivity index (χ0n) is 16.1. The van der Waals surface area contributed by atoms with Crippen LogP contribution in [-0.4, -0.2) is 22.3 Å². The zero-order chi connectivity index (χ0) is 21.7. The third-order valence-corrected chi connectivity index (χ3v) is 3.84. The van der Waals surface area contributed by atoms with Crippen molar-refractivity contribution >= 4 is 12.2 Å². The van der Waals surface area contributed by atoms with E-state index in [1.54, 1.807) is 44.2 Å². The van der Waals surface area contributed by atoms with Crippen molar-refractivity contribution in [1.29, 1.82) is 5.26 Å². The Kier molecular flexibility index (Phi) is 6.17. The fourth-order valence-corrected chi connectivity index (χ4v) is 2.61. The molecule has 2 aromatic carbocycles. The Labute approximate surface area is 170 Å². The summed E-state index contributed by atoms with van der Waals surface area (Å²) in [6.07, 6.45) is 0.777. The van der Waals surface area contributed by atoms with Gasteiger partial charge in [-0.15, -0.1) is 0 Å². The minimum absolute atomic E-state index is 0.0326. The predicted octanol–water partition coefficient (Wildman–Crippen LogP) is 3.82. The Morgan fingerprint density at radius 2 is 1.90 bits per heavy atom. The maximum absolute atomic E-state index is 14.1. The van der Waals surface area contributed by atoms with Crippen LogP contribution in [0.15, 0.2) is 52.4 Å². The fraction of sp³-hybridized carbons (Fsp3) is 0.143. The van der Waals surface area contributed by atoms with Crippen LogP contribution in [0.2, 0.25) is 0 Å². The number of halogens is 2. The predicted molar refractivity (Wildman–Crippen MR) is 108 cm³/mol. The molecule has 0 saturated heterocycles. The van der Waals surface area contributed by atoms with Gasteiger partial charge in [-0.25, -0.2) is 19.2 Å². The van der Waals surface area contributed by atoms with Crippen molar-refractivity contribution in [1.82, 2.24) is 9.97 Å². The number of benzene rings is 2. The molecule has 0 bridgehead atoms. The molecule has 0 amide bonds. The topological polar surface area (TPSA) is 103 Å². The van der Waals surface area contributed by atoms with Crippen LogP contribution in [0.3, 0.4) is 0 Å². The number of nitrogens with zero attached hydrogens (tertiary/aromatic N) is 3. The van der Waals surface area contributed by atoms with Gasteiger partial charge in [0, 0.05) is 11.1 Å². The molecule has 1 aromatic heterocycles. The molecule has 3 aromatic rings. The van der Waals surface area contributed by atoms with Crippen LogP contribution in [0, 0.1) is 23.0 Å². The molecule has 2 N–H and O–H groups in total. The summed E-state index contributed by atoms with van der Waals surface area (Å²) in [5.74, 6) is -2.21. The van der Waals surface area contributed by atoms with Gasteiger partial charge in [0.2, 0.25) is 5.95 Å². The Morgan fingerprint density at radius 1 is 1.23 bits per heavy atom. The van der Waals surface area contributed by atoms with Crippen molar-refractivity contribution in [3.63, 3.8) is 0 Å². The zero-order valence-corrected chi connectivity index (χ0v) is 16.1. The largest absolute Gasteiger partial charge is 0.485 e. The number of nitriles is 1. The highest BCUT2D eigenvalue weighted by atomic mass is 19.1. The first-order valence-electron chi connectivity index (χ1n) is 8.93. The normalized spacial score (nSPS) is 10.9.